The van der Waals surface area contributed by atoms with E-state index in [1.165, 1.54) is 13.2 Å². The molecule has 3 N–H and O–H groups in total. The Morgan fingerprint density at radius 1 is 1.12 bits per heavy atom. The molecule has 0 spiro atoms. The van der Waals surface area contributed by atoms with E-state index < -0.39 is 0 Å². The average molecular weight is 398 g/mol. The smallest absolute Gasteiger partial charge is 0.306 e. The number of hydrogen-bond donors (Lipinski definition) is 3. The highest BCUT2D eigenvalue weighted by atomic mass is 35.5. The van der Waals surface area contributed by atoms with E-state index in [4.69, 9.17) is 23.2 Å². The minimum atomic E-state index is -0.320. The van der Waals surface area contributed by atoms with Crippen LogP contribution in [0.5, 0.6) is 11.5 Å². The van der Waals surface area contributed by atoms with Crippen LogP contribution < -0.4 is 5.32 Å². The second-order valence-corrected chi connectivity index (χ2v) is 6.72. The Kier molecular flexibility index (Phi) is 7.57. The maximum atomic E-state index is 11.3. The highest BCUT2D eigenvalue weighted by molar-refractivity contribution is 6.31. The SMILES string of the molecule is COC(=O)CCNC(CCc1cc(Cl)ccc1O)c1cc(Cl)ccc1O. The van der Waals surface area contributed by atoms with Gasteiger partial charge in [-0.1, -0.05) is 23.2 Å². The molecule has 0 amide bonds. The molecule has 2 aromatic carbocycles. The zero-order valence-corrected chi connectivity index (χ0v) is 15.8. The number of phenols is 2. The van der Waals surface area contributed by atoms with E-state index in [-0.39, 0.29) is 29.9 Å². The first-order chi connectivity index (χ1) is 12.4. The number of methoxy groups -OCH3 is 1. The number of ether oxygens (including phenoxy) is 1. The number of esters is 1. The number of rotatable bonds is 8. The van der Waals surface area contributed by atoms with E-state index >= 15 is 0 Å². The van der Waals surface area contributed by atoms with Crippen molar-refractivity contribution in [1.29, 1.82) is 0 Å². The van der Waals surface area contributed by atoms with Crippen molar-refractivity contribution >= 4 is 29.2 Å². The molecule has 1 atom stereocenters. The van der Waals surface area contributed by atoms with Crippen LogP contribution in [0.3, 0.4) is 0 Å². The molecule has 0 saturated carbocycles. The number of nitrogens with one attached hydrogen (secondary N) is 1. The van der Waals surface area contributed by atoms with Gasteiger partial charge in [-0.3, -0.25) is 4.79 Å². The summed E-state index contributed by atoms with van der Waals surface area (Å²) < 4.78 is 4.64. The van der Waals surface area contributed by atoms with Gasteiger partial charge in [-0.05, 0) is 54.8 Å². The standard InChI is InChI=1S/C19H21Cl2NO4/c1-26-19(25)8-9-22-16(15-11-14(21)4-7-18(15)24)5-2-12-10-13(20)3-6-17(12)23/h3-4,6-7,10-11,16,22-24H,2,5,8-9H2,1H3. The number of benzene rings is 2. The number of hydrogen-bond acceptors (Lipinski definition) is 5. The van der Waals surface area contributed by atoms with Crippen molar-refractivity contribution in [3.8, 4) is 11.5 Å². The summed E-state index contributed by atoms with van der Waals surface area (Å²) in [6.45, 7) is 0.380. The molecule has 26 heavy (non-hydrogen) atoms. The molecule has 1 unspecified atom stereocenters. The normalized spacial score (nSPS) is 12.0. The van der Waals surface area contributed by atoms with Crippen LogP contribution in [0.1, 0.15) is 30.0 Å². The van der Waals surface area contributed by atoms with Crippen molar-refractivity contribution in [3.63, 3.8) is 0 Å². The Balaban J connectivity index is 2.15. The van der Waals surface area contributed by atoms with Gasteiger partial charge < -0.3 is 20.3 Å². The highest BCUT2D eigenvalue weighted by Gasteiger charge is 2.17. The average Bonchev–Trinajstić information content (AvgIpc) is 2.62. The first kappa shape index (κ1) is 20.4. The molecule has 5 nitrogen and oxygen atoms in total. The predicted octanol–water partition coefficient (Wildman–Crippen LogP) is 4.23. The van der Waals surface area contributed by atoms with Crippen molar-refractivity contribution < 1.29 is 19.7 Å². The van der Waals surface area contributed by atoms with Gasteiger partial charge in [0.25, 0.3) is 0 Å². The van der Waals surface area contributed by atoms with E-state index in [1.54, 1.807) is 30.3 Å². The molecule has 0 fully saturated rings. The Hall–Kier alpha value is -1.95. The molecule has 0 aliphatic carbocycles. The Bertz CT molecular complexity index is 767. The van der Waals surface area contributed by atoms with Crippen LogP contribution in [0.2, 0.25) is 10.0 Å². The topological polar surface area (TPSA) is 78.8 Å². The highest BCUT2D eigenvalue weighted by Crippen LogP contribution is 2.31. The van der Waals surface area contributed by atoms with Crippen LogP contribution in [-0.2, 0) is 16.0 Å². The largest absolute Gasteiger partial charge is 0.508 e. The molecule has 0 aromatic heterocycles. The molecule has 0 saturated heterocycles. The number of aryl methyl sites for hydroxylation is 1. The van der Waals surface area contributed by atoms with E-state index in [0.717, 1.165) is 0 Å². The van der Waals surface area contributed by atoms with Gasteiger partial charge in [-0.25, -0.2) is 0 Å². The van der Waals surface area contributed by atoms with Crippen molar-refractivity contribution in [2.75, 3.05) is 13.7 Å². The molecule has 2 rings (SSSR count). The molecule has 0 aliphatic rings. The van der Waals surface area contributed by atoms with Crippen LogP contribution in [0.25, 0.3) is 0 Å². The van der Waals surface area contributed by atoms with E-state index in [9.17, 15) is 15.0 Å². The van der Waals surface area contributed by atoms with Crippen molar-refractivity contribution in [2.45, 2.75) is 25.3 Å². The zero-order chi connectivity index (χ0) is 19.1. The maximum Gasteiger partial charge on any atom is 0.306 e. The van der Waals surface area contributed by atoms with Gasteiger partial charge in [-0.15, -0.1) is 0 Å². The molecule has 7 heteroatoms. The molecule has 0 radical (unpaired) electrons. The third kappa shape index (κ3) is 5.80. The second-order valence-electron chi connectivity index (χ2n) is 5.85. The molecule has 0 bridgehead atoms. The third-order valence-corrected chi connectivity index (χ3v) is 4.53. The van der Waals surface area contributed by atoms with Crippen LogP contribution in [0, 0.1) is 0 Å². The lowest BCUT2D eigenvalue weighted by Crippen LogP contribution is -2.25. The molecular formula is C19H21Cl2NO4. The molecular weight excluding hydrogens is 377 g/mol. The van der Waals surface area contributed by atoms with Gasteiger partial charge >= 0.3 is 5.97 Å². The van der Waals surface area contributed by atoms with E-state index in [0.29, 0.717) is 40.6 Å². The Morgan fingerprint density at radius 3 is 2.46 bits per heavy atom. The summed E-state index contributed by atoms with van der Waals surface area (Å²) >= 11 is 12.1. The number of carbonyl (C=O) groups excluding carboxylic acids is 1. The van der Waals surface area contributed by atoms with Crippen LogP contribution in [0.15, 0.2) is 36.4 Å². The van der Waals surface area contributed by atoms with Gasteiger partial charge in [-0.2, -0.15) is 0 Å². The number of phenolic OH excluding ortho intramolecular Hbond substituents is 2. The van der Waals surface area contributed by atoms with Gasteiger partial charge in [0.05, 0.1) is 13.5 Å². The molecule has 2 aromatic rings. The fraction of sp³-hybridized carbons (Fsp3) is 0.316. The first-order valence-electron chi connectivity index (χ1n) is 8.16. The fourth-order valence-electron chi connectivity index (χ4n) is 2.68. The monoisotopic (exact) mass is 397 g/mol. The summed E-state index contributed by atoms with van der Waals surface area (Å²) in [4.78, 5) is 11.3. The molecule has 0 heterocycles. The first-order valence-corrected chi connectivity index (χ1v) is 8.92. The number of aromatic hydroxyl groups is 2. The van der Waals surface area contributed by atoms with Gasteiger partial charge in [0, 0.05) is 28.2 Å². The predicted molar refractivity (Wildman–Crippen MR) is 102 cm³/mol. The molecule has 140 valence electrons. The summed E-state index contributed by atoms with van der Waals surface area (Å²) in [6, 6.07) is 9.43. The van der Waals surface area contributed by atoms with Gasteiger partial charge in [0.1, 0.15) is 11.5 Å². The lowest BCUT2D eigenvalue weighted by Gasteiger charge is -2.21. The van der Waals surface area contributed by atoms with Crippen molar-refractivity contribution in [2.24, 2.45) is 0 Å². The summed E-state index contributed by atoms with van der Waals surface area (Å²) in [6.07, 6.45) is 1.29. The minimum absolute atomic E-state index is 0.111. The third-order valence-electron chi connectivity index (χ3n) is 4.06. The lowest BCUT2D eigenvalue weighted by molar-refractivity contribution is -0.140. The lowest BCUT2D eigenvalue weighted by atomic mass is 9.97. The number of carbonyl (C=O) groups is 1. The van der Waals surface area contributed by atoms with Gasteiger partial charge in [0.15, 0.2) is 0 Å². The van der Waals surface area contributed by atoms with Crippen LogP contribution in [0.4, 0.5) is 0 Å². The van der Waals surface area contributed by atoms with E-state index in [2.05, 4.69) is 10.1 Å². The summed E-state index contributed by atoms with van der Waals surface area (Å²) in [5.74, 6) is -0.0441. The van der Waals surface area contributed by atoms with Crippen LogP contribution >= 0.6 is 23.2 Å². The Morgan fingerprint density at radius 2 is 1.77 bits per heavy atom. The second kappa shape index (κ2) is 9.67. The Labute approximate surface area is 162 Å². The summed E-state index contributed by atoms with van der Waals surface area (Å²) in [5, 5.41) is 24.5. The number of halogens is 2. The summed E-state index contributed by atoms with van der Waals surface area (Å²) in [7, 11) is 1.34. The zero-order valence-electron chi connectivity index (χ0n) is 14.3. The summed E-state index contributed by atoms with van der Waals surface area (Å²) in [5.41, 5.74) is 1.34. The fourth-order valence-corrected chi connectivity index (χ4v) is 3.05. The van der Waals surface area contributed by atoms with Crippen LogP contribution in [-0.4, -0.2) is 29.8 Å². The molecule has 0 aliphatic heterocycles. The maximum absolute atomic E-state index is 11.3. The van der Waals surface area contributed by atoms with E-state index in [1.807, 2.05) is 0 Å². The van der Waals surface area contributed by atoms with Crippen molar-refractivity contribution in [1.82, 2.24) is 5.32 Å². The van der Waals surface area contributed by atoms with Gasteiger partial charge in [0.2, 0.25) is 0 Å². The quantitative estimate of drug-likeness (QED) is 0.580. The van der Waals surface area contributed by atoms with Crippen molar-refractivity contribution in [3.05, 3.63) is 57.6 Å². The minimum Gasteiger partial charge on any atom is -0.508 e.